The first-order valence-corrected chi connectivity index (χ1v) is 9.29. The summed E-state index contributed by atoms with van der Waals surface area (Å²) in [5.74, 6) is -0.320. The second-order valence-electron chi connectivity index (χ2n) is 6.24. The summed E-state index contributed by atoms with van der Waals surface area (Å²) in [6.45, 7) is 2.24. The largest absolute Gasteiger partial charge is 0.483 e. The molecule has 1 aliphatic rings. The Balaban J connectivity index is 2.02. The van der Waals surface area contributed by atoms with Gasteiger partial charge in [0.05, 0.1) is 23.5 Å². The Morgan fingerprint density at radius 2 is 2.00 bits per heavy atom. The van der Waals surface area contributed by atoms with Gasteiger partial charge in [0.1, 0.15) is 17.2 Å². The van der Waals surface area contributed by atoms with Gasteiger partial charge in [-0.25, -0.2) is 4.79 Å². The van der Waals surface area contributed by atoms with E-state index in [0.29, 0.717) is 33.9 Å². The Kier molecular flexibility index (Phi) is 5.07. The van der Waals surface area contributed by atoms with Crippen LogP contribution in [0.5, 0.6) is 5.75 Å². The number of nitriles is 1. The minimum atomic E-state index is -0.712. The van der Waals surface area contributed by atoms with Crippen molar-refractivity contribution in [3.63, 3.8) is 0 Å². The van der Waals surface area contributed by atoms with Gasteiger partial charge in [0.15, 0.2) is 12.2 Å². The van der Waals surface area contributed by atoms with Crippen LogP contribution >= 0.6 is 11.6 Å². The van der Waals surface area contributed by atoms with Gasteiger partial charge in [0.25, 0.3) is 0 Å². The summed E-state index contributed by atoms with van der Waals surface area (Å²) in [5.41, 5.74) is 0.942. The minimum absolute atomic E-state index is 0.0733. The normalized spacial score (nSPS) is 15.8. The zero-order valence-corrected chi connectivity index (χ0v) is 16.1. The fraction of sp³-hybridized carbons (Fsp3) is 0.136. The van der Waals surface area contributed by atoms with Crippen LogP contribution in [0.3, 0.4) is 0 Å². The summed E-state index contributed by atoms with van der Waals surface area (Å²) in [6.07, 6.45) is 1.23. The predicted octanol–water partition coefficient (Wildman–Crippen LogP) is 4.77. The third kappa shape index (κ3) is 3.37. The van der Waals surface area contributed by atoms with Crippen molar-refractivity contribution in [2.45, 2.75) is 12.8 Å². The molecule has 0 aliphatic carbocycles. The number of halogens is 1. The van der Waals surface area contributed by atoms with E-state index in [0.717, 1.165) is 0 Å². The molecule has 0 unspecified atom stereocenters. The summed E-state index contributed by atoms with van der Waals surface area (Å²) in [4.78, 5) is 17.1. The van der Waals surface area contributed by atoms with Crippen LogP contribution in [-0.2, 0) is 4.74 Å². The number of para-hydroxylation sites is 1. The van der Waals surface area contributed by atoms with Crippen LogP contribution in [0.15, 0.2) is 74.2 Å². The van der Waals surface area contributed by atoms with Gasteiger partial charge in [-0.3, -0.25) is 0 Å². The van der Waals surface area contributed by atoms with Gasteiger partial charge in [0, 0.05) is 5.02 Å². The molecule has 2 aromatic carbocycles. The third-order valence-corrected chi connectivity index (χ3v) is 4.79. The van der Waals surface area contributed by atoms with E-state index < -0.39 is 11.5 Å². The van der Waals surface area contributed by atoms with E-state index in [1.54, 1.807) is 42.5 Å². The number of hydrogen-bond donors (Lipinski definition) is 0. The van der Waals surface area contributed by atoms with Crippen LogP contribution in [0.25, 0.3) is 11.0 Å². The third-order valence-electron chi connectivity index (χ3n) is 4.54. The molecule has 0 fully saturated rings. The molecule has 4 rings (SSSR count). The number of fused-ring (bicyclic) bond motifs is 3. The van der Waals surface area contributed by atoms with Crippen molar-refractivity contribution in [3.05, 3.63) is 86.6 Å². The van der Waals surface area contributed by atoms with E-state index in [4.69, 9.17) is 25.5 Å². The molecule has 6 nitrogen and oxygen atoms in total. The SMILES string of the molecule is CCOC=NC1=C(C#N)[C@H](c2ccc(Cl)cc2)c2c(c3ccccc3oc2=O)O1. The number of allylic oxidation sites excluding steroid dienone is 1. The molecular formula is C22H15ClN2O4. The van der Waals surface area contributed by atoms with Gasteiger partial charge in [-0.1, -0.05) is 35.9 Å². The van der Waals surface area contributed by atoms with Crippen molar-refractivity contribution in [2.75, 3.05) is 6.61 Å². The maximum absolute atomic E-state index is 12.9. The fourth-order valence-corrected chi connectivity index (χ4v) is 3.40. The summed E-state index contributed by atoms with van der Waals surface area (Å²) >= 11 is 6.02. The van der Waals surface area contributed by atoms with E-state index in [1.807, 2.05) is 13.0 Å². The summed E-state index contributed by atoms with van der Waals surface area (Å²) in [6, 6.07) is 16.1. The second kappa shape index (κ2) is 7.82. The monoisotopic (exact) mass is 406 g/mol. The average Bonchev–Trinajstić information content (AvgIpc) is 2.73. The first-order chi connectivity index (χ1) is 14.1. The summed E-state index contributed by atoms with van der Waals surface area (Å²) in [7, 11) is 0. The molecule has 0 amide bonds. The molecule has 2 heterocycles. The molecule has 1 aliphatic heterocycles. The Morgan fingerprint density at radius 1 is 1.24 bits per heavy atom. The average molecular weight is 407 g/mol. The summed E-state index contributed by atoms with van der Waals surface area (Å²) in [5, 5.41) is 11.0. The quantitative estimate of drug-likeness (QED) is 0.354. The maximum atomic E-state index is 12.9. The highest BCUT2D eigenvalue weighted by molar-refractivity contribution is 6.30. The van der Waals surface area contributed by atoms with E-state index in [1.165, 1.54) is 6.40 Å². The fourth-order valence-electron chi connectivity index (χ4n) is 3.27. The highest BCUT2D eigenvalue weighted by Gasteiger charge is 2.36. The number of benzene rings is 2. The Labute approximate surface area is 171 Å². The number of hydrogen-bond acceptors (Lipinski definition) is 6. The van der Waals surface area contributed by atoms with Crippen molar-refractivity contribution in [1.29, 1.82) is 5.26 Å². The predicted molar refractivity (Wildman–Crippen MR) is 109 cm³/mol. The van der Waals surface area contributed by atoms with Gasteiger partial charge in [-0.2, -0.15) is 10.3 Å². The molecule has 0 radical (unpaired) electrons. The smallest absolute Gasteiger partial charge is 0.344 e. The standard InChI is InChI=1S/C22H15ClN2O4/c1-2-27-12-25-21-16(11-24)18(13-7-9-14(23)10-8-13)19-20(29-21)15-5-3-4-6-17(15)28-22(19)26/h3-10,12,18H,2H2,1H3/t18-/m0/s1. The van der Waals surface area contributed by atoms with Crippen LogP contribution in [0.4, 0.5) is 0 Å². The van der Waals surface area contributed by atoms with Gasteiger partial charge in [-0.15, -0.1) is 0 Å². The zero-order valence-electron chi connectivity index (χ0n) is 15.4. The Hall–Kier alpha value is -3.56. The first kappa shape index (κ1) is 18.8. The molecule has 3 aromatic rings. The number of nitrogens with zero attached hydrogens (tertiary/aromatic N) is 2. The first-order valence-electron chi connectivity index (χ1n) is 8.91. The molecule has 0 bridgehead atoms. The molecule has 0 N–H and O–H groups in total. The Morgan fingerprint density at radius 3 is 2.72 bits per heavy atom. The summed E-state index contributed by atoms with van der Waals surface area (Å²) < 4.78 is 16.6. The van der Waals surface area contributed by atoms with E-state index in [-0.39, 0.29) is 17.0 Å². The van der Waals surface area contributed by atoms with Crippen LogP contribution in [0.2, 0.25) is 5.02 Å². The number of aliphatic imine (C=N–C) groups is 1. The topological polar surface area (TPSA) is 84.8 Å². The second-order valence-corrected chi connectivity index (χ2v) is 6.67. The van der Waals surface area contributed by atoms with Crippen LogP contribution in [0.1, 0.15) is 24.0 Å². The van der Waals surface area contributed by atoms with E-state index in [2.05, 4.69) is 11.1 Å². The highest BCUT2D eigenvalue weighted by atomic mass is 35.5. The van der Waals surface area contributed by atoms with Crippen LogP contribution < -0.4 is 10.4 Å². The van der Waals surface area contributed by atoms with Gasteiger partial charge in [0.2, 0.25) is 5.88 Å². The lowest BCUT2D eigenvalue weighted by Gasteiger charge is -2.25. The molecular weight excluding hydrogens is 392 g/mol. The molecule has 29 heavy (non-hydrogen) atoms. The van der Waals surface area contributed by atoms with Crippen LogP contribution in [0, 0.1) is 11.3 Å². The van der Waals surface area contributed by atoms with Crippen molar-refractivity contribution in [1.82, 2.24) is 0 Å². The molecule has 0 saturated heterocycles. The Bertz CT molecular complexity index is 1240. The van der Waals surface area contributed by atoms with Crippen molar-refractivity contribution < 1.29 is 13.9 Å². The van der Waals surface area contributed by atoms with Crippen molar-refractivity contribution in [2.24, 2.45) is 4.99 Å². The lowest BCUT2D eigenvalue weighted by atomic mass is 9.84. The van der Waals surface area contributed by atoms with E-state index >= 15 is 0 Å². The maximum Gasteiger partial charge on any atom is 0.344 e. The molecule has 7 heteroatoms. The van der Waals surface area contributed by atoms with Crippen LogP contribution in [-0.4, -0.2) is 13.0 Å². The zero-order chi connectivity index (χ0) is 20.4. The minimum Gasteiger partial charge on any atom is -0.483 e. The lowest BCUT2D eigenvalue weighted by Crippen LogP contribution is -2.23. The van der Waals surface area contributed by atoms with Crippen molar-refractivity contribution in [3.8, 4) is 11.8 Å². The molecule has 144 valence electrons. The highest BCUT2D eigenvalue weighted by Crippen LogP contribution is 2.44. The molecule has 0 saturated carbocycles. The van der Waals surface area contributed by atoms with Gasteiger partial charge >= 0.3 is 5.63 Å². The van der Waals surface area contributed by atoms with Crippen molar-refractivity contribution >= 4 is 29.0 Å². The number of rotatable bonds is 4. The molecule has 1 aromatic heterocycles. The number of ether oxygens (including phenoxy) is 2. The van der Waals surface area contributed by atoms with E-state index in [9.17, 15) is 10.1 Å². The molecule has 0 spiro atoms. The van der Waals surface area contributed by atoms with Gasteiger partial charge < -0.3 is 13.9 Å². The lowest BCUT2D eigenvalue weighted by molar-refractivity contribution is 0.335. The molecule has 1 atom stereocenters. The van der Waals surface area contributed by atoms with Gasteiger partial charge in [-0.05, 0) is 36.8 Å².